The minimum atomic E-state index is -0.653. The van der Waals surface area contributed by atoms with E-state index in [9.17, 15) is 15.0 Å². The molecule has 4 heteroatoms. The number of carbonyl (C=O) groups is 1. The zero-order valence-corrected chi connectivity index (χ0v) is 8.51. The van der Waals surface area contributed by atoms with E-state index >= 15 is 0 Å². The zero-order valence-electron chi connectivity index (χ0n) is 8.51. The Hall–Kier alpha value is -1.55. The molecule has 0 radical (unpaired) electrons. The molecule has 2 N–H and O–H groups in total. The normalized spacial score (nSPS) is 12.1. The average Bonchev–Trinajstić information content (AvgIpc) is 2.26. The molecule has 1 atom stereocenters. The number of para-hydroxylation sites is 1. The SMILES string of the molecule is CC[C@H](O)COC(=O)c1ccccc1O. The summed E-state index contributed by atoms with van der Waals surface area (Å²) in [5, 5.41) is 18.5. The molecule has 0 unspecified atom stereocenters. The smallest absolute Gasteiger partial charge is 0.342 e. The minimum absolute atomic E-state index is 0.0519. The number of esters is 1. The molecule has 0 saturated carbocycles. The van der Waals surface area contributed by atoms with Crippen molar-refractivity contribution in [1.29, 1.82) is 0 Å². The number of phenols is 1. The fourth-order valence-electron chi connectivity index (χ4n) is 1.01. The van der Waals surface area contributed by atoms with Gasteiger partial charge < -0.3 is 14.9 Å². The second-order valence-electron chi connectivity index (χ2n) is 3.18. The van der Waals surface area contributed by atoms with Gasteiger partial charge in [-0.25, -0.2) is 4.79 Å². The van der Waals surface area contributed by atoms with E-state index < -0.39 is 12.1 Å². The number of rotatable bonds is 4. The van der Waals surface area contributed by atoms with Gasteiger partial charge in [0.05, 0.1) is 6.10 Å². The number of aliphatic hydroxyl groups excluding tert-OH is 1. The molecular formula is C11H14O4. The Kier molecular flexibility index (Phi) is 4.12. The van der Waals surface area contributed by atoms with Crippen LogP contribution in [0.3, 0.4) is 0 Å². The monoisotopic (exact) mass is 210 g/mol. The summed E-state index contributed by atoms with van der Waals surface area (Å²) in [5.74, 6) is -0.742. The van der Waals surface area contributed by atoms with Crippen LogP contribution in [0.15, 0.2) is 24.3 Å². The molecule has 0 saturated heterocycles. The minimum Gasteiger partial charge on any atom is -0.507 e. The first-order valence-electron chi connectivity index (χ1n) is 4.78. The molecule has 0 heterocycles. The Balaban J connectivity index is 2.58. The van der Waals surface area contributed by atoms with E-state index in [1.54, 1.807) is 19.1 Å². The molecule has 15 heavy (non-hydrogen) atoms. The van der Waals surface area contributed by atoms with Crippen LogP contribution in [0.4, 0.5) is 0 Å². The van der Waals surface area contributed by atoms with E-state index in [-0.39, 0.29) is 17.9 Å². The maximum atomic E-state index is 11.4. The lowest BCUT2D eigenvalue weighted by Crippen LogP contribution is -2.17. The standard InChI is InChI=1S/C11H14O4/c1-2-8(12)7-15-11(14)9-5-3-4-6-10(9)13/h3-6,8,12-13H,2,7H2,1H3/t8-/m0/s1. The van der Waals surface area contributed by atoms with Crippen molar-refractivity contribution in [3.05, 3.63) is 29.8 Å². The summed E-state index contributed by atoms with van der Waals surface area (Å²) in [6.45, 7) is 1.74. The second-order valence-corrected chi connectivity index (χ2v) is 3.18. The number of aromatic hydroxyl groups is 1. The van der Waals surface area contributed by atoms with Crippen molar-refractivity contribution in [1.82, 2.24) is 0 Å². The lowest BCUT2D eigenvalue weighted by atomic mass is 10.2. The largest absolute Gasteiger partial charge is 0.507 e. The number of phenolic OH excluding ortho intramolecular Hbond substituents is 1. The maximum absolute atomic E-state index is 11.4. The van der Waals surface area contributed by atoms with Crippen molar-refractivity contribution in [2.75, 3.05) is 6.61 Å². The van der Waals surface area contributed by atoms with Gasteiger partial charge in [0.1, 0.15) is 17.9 Å². The van der Waals surface area contributed by atoms with Gasteiger partial charge in [0.25, 0.3) is 0 Å². The highest BCUT2D eigenvalue weighted by atomic mass is 16.5. The van der Waals surface area contributed by atoms with Crippen molar-refractivity contribution in [3.8, 4) is 5.75 Å². The third kappa shape index (κ3) is 3.25. The summed E-state index contributed by atoms with van der Waals surface area (Å²) in [5.41, 5.74) is 0.112. The van der Waals surface area contributed by atoms with E-state index in [1.165, 1.54) is 12.1 Å². The Morgan fingerprint density at radius 2 is 2.13 bits per heavy atom. The molecule has 0 amide bonds. The Bertz CT molecular complexity index is 335. The molecular weight excluding hydrogens is 196 g/mol. The van der Waals surface area contributed by atoms with E-state index in [1.807, 2.05) is 0 Å². The Labute approximate surface area is 88.1 Å². The van der Waals surface area contributed by atoms with Gasteiger partial charge in [0.15, 0.2) is 0 Å². The molecule has 0 bridgehead atoms. The highest BCUT2D eigenvalue weighted by Crippen LogP contribution is 2.16. The van der Waals surface area contributed by atoms with Crippen molar-refractivity contribution in [2.45, 2.75) is 19.4 Å². The summed E-state index contributed by atoms with van der Waals surface area (Å²) in [6, 6.07) is 6.13. The number of hydrogen-bond acceptors (Lipinski definition) is 4. The summed E-state index contributed by atoms with van der Waals surface area (Å²) in [4.78, 5) is 11.4. The molecule has 0 aliphatic rings. The molecule has 0 fully saturated rings. The highest BCUT2D eigenvalue weighted by molar-refractivity contribution is 5.92. The first kappa shape index (κ1) is 11.5. The predicted molar refractivity (Wildman–Crippen MR) is 54.7 cm³/mol. The number of benzene rings is 1. The van der Waals surface area contributed by atoms with Crippen LogP contribution in [0.1, 0.15) is 23.7 Å². The molecule has 4 nitrogen and oxygen atoms in total. The molecule has 1 rings (SSSR count). The maximum Gasteiger partial charge on any atom is 0.342 e. The van der Waals surface area contributed by atoms with Crippen LogP contribution in [0.5, 0.6) is 5.75 Å². The van der Waals surface area contributed by atoms with Crippen molar-refractivity contribution in [3.63, 3.8) is 0 Å². The van der Waals surface area contributed by atoms with Crippen LogP contribution in [0.25, 0.3) is 0 Å². The number of carbonyl (C=O) groups excluding carboxylic acids is 1. The summed E-state index contributed by atoms with van der Waals surface area (Å²) in [7, 11) is 0. The molecule has 0 aliphatic carbocycles. The molecule has 82 valence electrons. The number of ether oxygens (including phenoxy) is 1. The van der Waals surface area contributed by atoms with Crippen LogP contribution in [-0.2, 0) is 4.74 Å². The van der Waals surface area contributed by atoms with Gasteiger partial charge in [-0.1, -0.05) is 19.1 Å². The lowest BCUT2D eigenvalue weighted by molar-refractivity contribution is 0.0247. The Morgan fingerprint density at radius 3 is 2.73 bits per heavy atom. The zero-order chi connectivity index (χ0) is 11.3. The van der Waals surface area contributed by atoms with Gasteiger partial charge in [0, 0.05) is 0 Å². The topological polar surface area (TPSA) is 66.8 Å². The first-order chi connectivity index (χ1) is 7.15. The van der Waals surface area contributed by atoms with Crippen molar-refractivity contribution >= 4 is 5.97 Å². The van der Waals surface area contributed by atoms with Gasteiger partial charge in [-0.2, -0.15) is 0 Å². The summed E-state index contributed by atoms with van der Waals surface area (Å²) < 4.78 is 4.81. The van der Waals surface area contributed by atoms with Crippen LogP contribution >= 0.6 is 0 Å². The first-order valence-corrected chi connectivity index (χ1v) is 4.78. The number of hydrogen-bond donors (Lipinski definition) is 2. The fourth-order valence-corrected chi connectivity index (χ4v) is 1.01. The van der Waals surface area contributed by atoms with Crippen LogP contribution in [-0.4, -0.2) is 28.9 Å². The van der Waals surface area contributed by atoms with Crippen molar-refractivity contribution < 1.29 is 19.7 Å². The lowest BCUT2D eigenvalue weighted by Gasteiger charge is -2.09. The third-order valence-electron chi connectivity index (χ3n) is 2.00. The van der Waals surface area contributed by atoms with Gasteiger partial charge in [-0.3, -0.25) is 0 Å². The van der Waals surface area contributed by atoms with Crippen molar-refractivity contribution in [2.24, 2.45) is 0 Å². The molecule has 1 aromatic carbocycles. The van der Waals surface area contributed by atoms with E-state index in [2.05, 4.69) is 0 Å². The quantitative estimate of drug-likeness (QED) is 0.735. The fraction of sp³-hybridized carbons (Fsp3) is 0.364. The van der Waals surface area contributed by atoms with Gasteiger partial charge in [-0.15, -0.1) is 0 Å². The predicted octanol–water partition coefficient (Wildman–Crippen LogP) is 1.32. The van der Waals surface area contributed by atoms with E-state index in [0.29, 0.717) is 6.42 Å². The third-order valence-corrected chi connectivity index (χ3v) is 2.00. The average molecular weight is 210 g/mol. The Morgan fingerprint density at radius 1 is 1.47 bits per heavy atom. The van der Waals surface area contributed by atoms with Crippen LogP contribution < -0.4 is 0 Å². The summed E-state index contributed by atoms with van der Waals surface area (Å²) >= 11 is 0. The van der Waals surface area contributed by atoms with Gasteiger partial charge in [-0.05, 0) is 18.6 Å². The van der Waals surface area contributed by atoms with Gasteiger partial charge in [0.2, 0.25) is 0 Å². The molecule has 0 aromatic heterocycles. The second kappa shape index (κ2) is 5.36. The molecule has 1 aromatic rings. The van der Waals surface area contributed by atoms with E-state index in [0.717, 1.165) is 0 Å². The van der Waals surface area contributed by atoms with Crippen LogP contribution in [0, 0.1) is 0 Å². The molecule has 0 aliphatic heterocycles. The summed E-state index contributed by atoms with van der Waals surface area (Å²) in [6.07, 6.45) is -0.131. The van der Waals surface area contributed by atoms with Gasteiger partial charge >= 0.3 is 5.97 Å². The van der Waals surface area contributed by atoms with Crippen LogP contribution in [0.2, 0.25) is 0 Å². The van der Waals surface area contributed by atoms with E-state index in [4.69, 9.17) is 4.74 Å². The molecule has 0 spiro atoms. The highest BCUT2D eigenvalue weighted by Gasteiger charge is 2.12. The number of aliphatic hydroxyl groups is 1.